The molecule has 0 radical (unpaired) electrons. The topological polar surface area (TPSA) is 3.24 Å². The van der Waals surface area contributed by atoms with Crippen LogP contribution in [-0.2, 0) is 6.42 Å². The van der Waals surface area contributed by atoms with E-state index in [-0.39, 0.29) is 5.50 Å². The van der Waals surface area contributed by atoms with Crippen LogP contribution >= 0.6 is 23.4 Å². The van der Waals surface area contributed by atoms with Crippen LogP contribution in [-0.4, -0.2) is 11.0 Å². The zero-order valence-electron chi connectivity index (χ0n) is 6.50. The van der Waals surface area contributed by atoms with E-state index in [4.69, 9.17) is 23.4 Å². The normalized spacial score (nSPS) is 23.7. The fourth-order valence-corrected chi connectivity index (χ4v) is 1.99. The van der Waals surface area contributed by atoms with Gasteiger partial charge in [-0.3, -0.25) is 0 Å². The van der Waals surface area contributed by atoms with Gasteiger partial charge in [-0.15, -0.1) is 0 Å². The second kappa shape index (κ2) is 3.25. The van der Waals surface area contributed by atoms with E-state index < -0.39 is 0 Å². The largest absolute Gasteiger partial charge is 0.198 e. The number of benzene rings is 1. The minimum atomic E-state index is -0.170. The molecule has 0 bridgehead atoms. The summed E-state index contributed by atoms with van der Waals surface area (Å²) in [6.07, 6.45) is 0.989. The number of nitrogens with zero attached hydrogens (tertiary/aromatic N) is 1. The summed E-state index contributed by atoms with van der Waals surface area (Å²) in [5.41, 5.74) is 2.28. The van der Waals surface area contributed by atoms with Crippen molar-refractivity contribution in [1.82, 2.24) is 4.42 Å². The average molecular weight is 202 g/mol. The van der Waals surface area contributed by atoms with Gasteiger partial charge in [0.2, 0.25) is 0 Å². The zero-order valence-corrected chi connectivity index (χ0v) is 8.02. The van der Waals surface area contributed by atoms with E-state index in [1.165, 1.54) is 5.56 Å². The van der Waals surface area contributed by atoms with Crippen LogP contribution in [0.25, 0.3) is 0 Å². The number of rotatable bonds is 0. The maximum Gasteiger partial charge on any atom is 0.124 e. The van der Waals surface area contributed by atoms with E-state index in [9.17, 15) is 0 Å². The first kappa shape index (κ1) is 8.36. The second-order valence-corrected chi connectivity index (χ2v) is 3.76. The van der Waals surface area contributed by atoms with Gasteiger partial charge in [0.15, 0.2) is 0 Å². The molecule has 3 heteroatoms. The molecular formula is C9H9Cl2N. The highest BCUT2D eigenvalue weighted by Gasteiger charge is 2.23. The van der Waals surface area contributed by atoms with Gasteiger partial charge in [0.05, 0.1) is 0 Å². The summed E-state index contributed by atoms with van der Waals surface area (Å²) in [7, 11) is 0. The van der Waals surface area contributed by atoms with Crippen LogP contribution in [0.4, 0.5) is 0 Å². The van der Waals surface area contributed by atoms with Crippen molar-refractivity contribution < 1.29 is 0 Å². The molecule has 12 heavy (non-hydrogen) atoms. The Morgan fingerprint density at radius 2 is 2.08 bits per heavy atom. The summed E-state index contributed by atoms with van der Waals surface area (Å²) in [6, 6.07) is 8.16. The molecule has 2 rings (SSSR count). The number of alkyl halides is 1. The predicted octanol–water partition coefficient (Wildman–Crippen LogP) is 2.94. The molecule has 1 aliphatic rings. The zero-order chi connectivity index (χ0) is 8.55. The van der Waals surface area contributed by atoms with Crippen molar-refractivity contribution in [3.8, 4) is 0 Å². The average Bonchev–Trinajstić information content (AvgIpc) is 2.12. The molecule has 1 atom stereocenters. The molecule has 1 heterocycles. The van der Waals surface area contributed by atoms with Gasteiger partial charge >= 0.3 is 0 Å². The third-order valence-corrected chi connectivity index (χ3v) is 3.09. The van der Waals surface area contributed by atoms with Crippen molar-refractivity contribution >= 4 is 23.4 Å². The lowest BCUT2D eigenvalue weighted by Crippen LogP contribution is -2.24. The Morgan fingerprint density at radius 1 is 1.33 bits per heavy atom. The quantitative estimate of drug-likeness (QED) is 0.355. The molecule has 64 valence electrons. The molecule has 0 spiro atoms. The third-order valence-electron chi connectivity index (χ3n) is 2.15. The summed E-state index contributed by atoms with van der Waals surface area (Å²) >= 11 is 12.0. The standard InChI is InChI=1S/C9H9Cl2N/c10-9-8-4-2-1-3-7(8)5-6-12(9)11/h1-4,9H,5-6H2. The van der Waals surface area contributed by atoms with Crippen LogP contribution in [0.3, 0.4) is 0 Å². The fraction of sp³-hybridized carbons (Fsp3) is 0.333. The molecule has 1 aromatic rings. The molecular weight excluding hydrogens is 193 g/mol. The first-order valence-electron chi connectivity index (χ1n) is 3.93. The Morgan fingerprint density at radius 3 is 2.92 bits per heavy atom. The molecule has 0 amide bonds. The van der Waals surface area contributed by atoms with Gasteiger partial charge in [-0.2, -0.15) is 4.42 Å². The number of hydrogen-bond donors (Lipinski definition) is 0. The lowest BCUT2D eigenvalue weighted by Gasteiger charge is -2.27. The fourth-order valence-electron chi connectivity index (χ4n) is 1.49. The van der Waals surface area contributed by atoms with Crippen molar-refractivity contribution in [3.63, 3.8) is 0 Å². The SMILES string of the molecule is ClC1c2ccccc2CCN1Cl. The van der Waals surface area contributed by atoms with Gasteiger partial charge in [-0.25, -0.2) is 0 Å². The summed E-state index contributed by atoms with van der Waals surface area (Å²) in [4.78, 5) is 0. The van der Waals surface area contributed by atoms with Crippen molar-refractivity contribution in [2.24, 2.45) is 0 Å². The van der Waals surface area contributed by atoms with Crippen LogP contribution in [0.1, 0.15) is 16.6 Å². The first-order chi connectivity index (χ1) is 5.79. The van der Waals surface area contributed by atoms with Gasteiger partial charge in [-0.1, -0.05) is 35.9 Å². The van der Waals surface area contributed by atoms with Crippen LogP contribution in [0.5, 0.6) is 0 Å². The summed E-state index contributed by atoms with van der Waals surface area (Å²) in [5.74, 6) is 0. The smallest absolute Gasteiger partial charge is 0.124 e. The number of hydrogen-bond acceptors (Lipinski definition) is 1. The van der Waals surface area contributed by atoms with E-state index in [0.29, 0.717) is 0 Å². The molecule has 0 saturated carbocycles. The highest BCUT2D eigenvalue weighted by Crippen LogP contribution is 2.33. The minimum absolute atomic E-state index is 0.170. The van der Waals surface area contributed by atoms with Crippen molar-refractivity contribution in [2.45, 2.75) is 11.9 Å². The van der Waals surface area contributed by atoms with Crippen LogP contribution < -0.4 is 0 Å². The van der Waals surface area contributed by atoms with Gasteiger partial charge in [0, 0.05) is 6.54 Å². The molecule has 0 aliphatic carbocycles. The molecule has 0 fully saturated rings. The highest BCUT2D eigenvalue weighted by atomic mass is 35.5. The maximum absolute atomic E-state index is 6.09. The lowest BCUT2D eigenvalue weighted by molar-refractivity contribution is 0.411. The highest BCUT2D eigenvalue weighted by molar-refractivity contribution is 6.25. The number of halogens is 2. The lowest BCUT2D eigenvalue weighted by atomic mass is 10.0. The van der Waals surface area contributed by atoms with Crippen molar-refractivity contribution in [2.75, 3.05) is 6.54 Å². The predicted molar refractivity (Wildman–Crippen MR) is 51.3 cm³/mol. The monoisotopic (exact) mass is 201 g/mol. The van der Waals surface area contributed by atoms with Crippen LogP contribution in [0, 0.1) is 0 Å². The van der Waals surface area contributed by atoms with E-state index in [1.807, 2.05) is 18.2 Å². The van der Waals surface area contributed by atoms with E-state index in [2.05, 4.69) is 6.07 Å². The van der Waals surface area contributed by atoms with Crippen LogP contribution in [0.15, 0.2) is 24.3 Å². The van der Waals surface area contributed by atoms with E-state index in [1.54, 1.807) is 4.42 Å². The van der Waals surface area contributed by atoms with Gasteiger partial charge in [0.25, 0.3) is 0 Å². The van der Waals surface area contributed by atoms with Crippen LogP contribution in [0.2, 0.25) is 0 Å². The minimum Gasteiger partial charge on any atom is -0.198 e. The van der Waals surface area contributed by atoms with E-state index in [0.717, 1.165) is 18.5 Å². The maximum atomic E-state index is 6.09. The second-order valence-electron chi connectivity index (χ2n) is 2.91. The summed E-state index contributed by atoms with van der Waals surface area (Å²) in [6.45, 7) is 0.826. The molecule has 1 unspecified atom stereocenters. The Bertz CT molecular complexity index is 288. The van der Waals surface area contributed by atoms with E-state index >= 15 is 0 Å². The summed E-state index contributed by atoms with van der Waals surface area (Å²) in [5, 5.41) is 0. The summed E-state index contributed by atoms with van der Waals surface area (Å²) < 4.78 is 1.64. The molecule has 0 aromatic heterocycles. The van der Waals surface area contributed by atoms with Crippen molar-refractivity contribution in [3.05, 3.63) is 35.4 Å². The van der Waals surface area contributed by atoms with Crippen molar-refractivity contribution in [1.29, 1.82) is 0 Å². The Hall–Kier alpha value is -0.240. The Balaban J connectivity index is 2.42. The third kappa shape index (κ3) is 1.33. The Kier molecular flexibility index (Phi) is 2.26. The first-order valence-corrected chi connectivity index (χ1v) is 4.71. The molecule has 0 N–H and O–H groups in total. The molecule has 1 nitrogen and oxygen atoms in total. The molecule has 1 aromatic carbocycles. The number of fused-ring (bicyclic) bond motifs is 1. The van der Waals surface area contributed by atoms with Gasteiger partial charge < -0.3 is 0 Å². The molecule has 0 saturated heterocycles. The Labute approximate surface area is 82.0 Å². The molecule has 1 aliphatic heterocycles. The van der Waals surface area contributed by atoms with Gasteiger partial charge in [0.1, 0.15) is 5.50 Å². The van der Waals surface area contributed by atoms with Gasteiger partial charge in [-0.05, 0) is 29.3 Å².